The Hall–Kier alpha value is -1.88. The van der Waals surface area contributed by atoms with Crippen molar-refractivity contribution in [1.29, 1.82) is 0 Å². The van der Waals surface area contributed by atoms with Crippen LogP contribution in [0.2, 0.25) is 0 Å². The van der Waals surface area contributed by atoms with Crippen molar-refractivity contribution in [1.82, 2.24) is 0 Å². The van der Waals surface area contributed by atoms with Gasteiger partial charge < -0.3 is 9.47 Å². The molecule has 108 valence electrons. The standard InChI is InChI=1S/C16H12BrFO3/c1-20-15-4-2-9(6-12(15)17)16-8-13(19)11-7-10(18)3-5-14(11)21-16/h2-7,16H,8H2,1H3. The lowest BCUT2D eigenvalue weighted by Gasteiger charge is -2.25. The second kappa shape index (κ2) is 5.48. The number of rotatable bonds is 2. The van der Waals surface area contributed by atoms with E-state index in [0.717, 1.165) is 10.0 Å². The number of benzene rings is 2. The molecule has 1 atom stereocenters. The first-order chi connectivity index (χ1) is 10.1. The smallest absolute Gasteiger partial charge is 0.170 e. The first kappa shape index (κ1) is 14.1. The molecule has 0 N–H and O–H groups in total. The molecule has 0 saturated carbocycles. The van der Waals surface area contributed by atoms with Gasteiger partial charge in [-0.3, -0.25) is 4.79 Å². The van der Waals surface area contributed by atoms with Gasteiger partial charge in [0.1, 0.15) is 23.4 Å². The molecular formula is C16H12BrFO3. The molecule has 0 saturated heterocycles. The fourth-order valence-electron chi connectivity index (χ4n) is 2.36. The Morgan fingerprint density at radius 1 is 1.29 bits per heavy atom. The third kappa shape index (κ3) is 2.65. The van der Waals surface area contributed by atoms with E-state index >= 15 is 0 Å². The van der Waals surface area contributed by atoms with Gasteiger partial charge in [-0.15, -0.1) is 0 Å². The number of hydrogen-bond acceptors (Lipinski definition) is 3. The Morgan fingerprint density at radius 2 is 2.10 bits per heavy atom. The predicted molar refractivity (Wildman–Crippen MR) is 79.4 cm³/mol. The van der Waals surface area contributed by atoms with Gasteiger partial charge in [0.25, 0.3) is 0 Å². The van der Waals surface area contributed by atoms with Gasteiger partial charge in [0.15, 0.2) is 5.78 Å². The molecule has 0 spiro atoms. The Balaban J connectivity index is 1.94. The molecule has 2 aromatic rings. The van der Waals surface area contributed by atoms with Crippen molar-refractivity contribution >= 4 is 21.7 Å². The average Bonchev–Trinajstić information content (AvgIpc) is 2.47. The fourth-order valence-corrected chi connectivity index (χ4v) is 2.92. The summed E-state index contributed by atoms with van der Waals surface area (Å²) in [6.45, 7) is 0. The van der Waals surface area contributed by atoms with Crippen molar-refractivity contribution < 1.29 is 18.7 Å². The van der Waals surface area contributed by atoms with Gasteiger partial charge in [-0.1, -0.05) is 6.07 Å². The normalized spacial score (nSPS) is 17.1. The Kier molecular flexibility index (Phi) is 3.68. The Labute approximate surface area is 129 Å². The van der Waals surface area contributed by atoms with Crippen LogP contribution in [0, 0.1) is 5.82 Å². The number of fused-ring (bicyclic) bond motifs is 1. The highest BCUT2D eigenvalue weighted by Gasteiger charge is 2.28. The summed E-state index contributed by atoms with van der Waals surface area (Å²) >= 11 is 3.42. The second-order valence-corrected chi connectivity index (χ2v) is 5.62. The molecule has 1 aliphatic heterocycles. The molecule has 3 nitrogen and oxygen atoms in total. The highest BCUT2D eigenvalue weighted by Crippen LogP contribution is 2.37. The average molecular weight is 351 g/mol. The Morgan fingerprint density at radius 3 is 2.81 bits per heavy atom. The minimum absolute atomic E-state index is 0.118. The lowest BCUT2D eigenvalue weighted by atomic mass is 9.96. The summed E-state index contributed by atoms with van der Waals surface area (Å²) in [6.07, 6.45) is -0.187. The molecule has 1 unspecified atom stereocenters. The van der Waals surface area contributed by atoms with Crippen molar-refractivity contribution in [3.05, 3.63) is 57.8 Å². The van der Waals surface area contributed by atoms with Crippen LogP contribution in [0.4, 0.5) is 4.39 Å². The van der Waals surface area contributed by atoms with Crippen LogP contribution < -0.4 is 9.47 Å². The van der Waals surface area contributed by atoms with Crippen LogP contribution in [0.3, 0.4) is 0 Å². The first-order valence-corrected chi connectivity index (χ1v) is 7.20. The zero-order valence-electron chi connectivity index (χ0n) is 11.2. The predicted octanol–water partition coefficient (Wildman–Crippen LogP) is 4.30. The van der Waals surface area contributed by atoms with Crippen LogP contribution in [0.15, 0.2) is 40.9 Å². The van der Waals surface area contributed by atoms with Crippen LogP contribution >= 0.6 is 15.9 Å². The summed E-state index contributed by atoms with van der Waals surface area (Å²) in [5.41, 5.74) is 1.17. The van der Waals surface area contributed by atoms with Crippen molar-refractivity contribution in [2.45, 2.75) is 12.5 Å². The third-order valence-electron chi connectivity index (χ3n) is 3.43. The summed E-state index contributed by atoms with van der Waals surface area (Å²) in [6, 6.07) is 9.54. The molecule has 0 bridgehead atoms. The van der Waals surface area contributed by atoms with Crippen molar-refractivity contribution in [3.8, 4) is 11.5 Å². The molecule has 0 fully saturated rings. The molecule has 1 heterocycles. The molecule has 0 amide bonds. The summed E-state index contributed by atoms with van der Waals surface area (Å²) < 4.78 is 25.0. The number of carbonyl (C=O) groups excluding carboxylic acids is 1. The van der Waals surface area contributed by atoms with Gasteiger partial charge in [0.2, 0.25) is 0 Å². The topological polar surface area (TPSA) is 35.5 Å². The fraction of sp³-hybridized carbons (Fsp3) is 0.188. The highest BCUT2D eigenvalue weighted by molar-refractivity contribution is 9.10. The minimum atomic E-state index is -0.434. The summed E-state index contributed by atoms with van der Waals surface area (Å²) in [5.74, 6) is 0.581. The zero-order chi connectivity index (χ0) is 15.0. The van der Waals surface area contributed by atoms with Gasteiger partial charge in [-0.05, 0) is 51.8 Å². The number of carbonyl (C=O) groups is 1. The molecule has 0 aliphatic carbocycles. The van der Waals surface area contributed by atoms with E-state index in [2.05, 4.69) is 15.9 Å². The number of methoxy groups -OCH3 is 1. The molecular weight excluding hydrogens is 339 g/mol. The lowest BCUT2D eigenvalue weighted by Crippen LogP contribution is -2.20. The van der Waals surface area contributed by atoms with Gasteiger partial charge in [-0.2, -0.15) is 0 Å². The summed E-state index contributed by atoms with van der Waals surface area (Å²) in [4.78, 5) is 12.1. The second-order valence-electron chi connectivity index (χ2n) is 4.77. The van der Waals surface area contributed by atoms with Gasteiger partial charge >= 0.3 is 0 Å². The van der Waals surface area contributed by atoms with Crippen molar-refractivity contribution in [2.75, 3.05) is 7.11 Å². The minimum Gasteiger partial charge on any atom is -0.496 e. The molecule has 1 aliphatic rings. The van der Waals surface area contributed by atoms with Crippen molar-refractivity contribution in [2.24, 2.45) is 0 Å². The summed E-state index contributed by atoms with van der Waals surface area (Å²) in [7, 11) is 1.59. The molecule has 21 heavy (non-hydrogen) atoms. The largest absolute Gasteiger partial charge is 0.496 e. The van der Waals surface area contributed by atoms with E-state index in [4.69, 9.17) is 9.47 Å². The van der Waals surface area contributed by atoms with Crippen LogP contribution in [-0.4, -0.2) is 12.9 Å². The number of Topliss-reactive ketones (excluding diaryl/α,β-unsaturated/α-hetero) is 1. The highest BCUT2D eigenvalue weighted by atomic mass is 79.9. The SMILES string of the molecule is COc1ccc(C2CC(=O)c3cc(F)ccc3O2)cc1Br. The number of hydrogen-bond donors (Lipinski definition) is 0. The molecule has 5 heteroatoms. The monoisotopic (exact) mass is 350 g/mol. The van der Waals surface area contributed by atoms with Crippen LogP contribution in [0.5, 0.6) is 11.5 Å². The van der Waals surface area contributed by atoms with Crippen molar-refractivity contribution in [3.63, 3.8) is 0 Å². The maximum Gasteiger partial charge on any atom is 0.170 e. The molecule has 3 rings (SSSR count). The van der Waals surface area contributed by atoms with Crippen LogP contribution in [0.25, 0.3) is 0 Å². The van der Waals surface area contributed by atoms with E-state index in [1.807, 2.05) is 18.2 Å². The number of ether oxygens (including phenoxy) is 2. The van der Waals surface area contributed by atoms with E-state index in [9.17, 15) is 9.18 Å². The Bertz CT molecular complexity index is 715. The van der Waals surface area contributed by atoms with E-state index < -0.39 is 5.82 Å². The van der Waals surface area contributed by atoms with Gasteiger partial charge in [0.05, 0.1) is 23.6 Å². The molecule has 0 radical (unpaired) electrons. The summed E-state index contributed by atoms with van der Waals surface area (Å²) in [5, 5.41) is 0. The van der Waals surface area contributed by atoms with Crippen LogP contribution in [-0.2, 0) is 0 Å². The number of ketones is 1. The molecule has 2 aromatic carbocycles. The zero-order valence-corrected chi connectivity index (χ0v) is 12.8. The maximum atomic E-state index is 13.2. The maximum absolute atomic E-state index is 13.2. The van der Waals surface area contributed by atoms with Gasteiger partial charge in [0, 0.05) is 0 Å². The van der Waals surface area contributed by atoms with Crippen LogP contribution in [0.1, 0.15) is 28.4 Å². The van der Waals surface area contributed by atoms with Gasteiger partial charge in [-0.25, -0.2) is 4.39 Å². The third-order valence-corrected chi connectivity index (χ3v) is 4.05. The number of halogens is 2. The molecule has 0 aromatic heterocycles. The lowest BCUT2D eigenvalue weighted by molar-refractivity contribution is 0.0849. The van der Waals surface area contributed by atoms with E-state index in [-0.39, 0.29) is 18.3 Å². The first-order valence-electron chi connectivity index (χ1n) is 6.41. The van der Waals surface area contributed by atoms with E-state index in [0.29, 0.717) is 17.1 Å². The van der Waals surface area contributed by atoms with E-state index in [1.165, 1.54) is 18.2 Å². The quantitative estimate of drug-likeness (QED) is 0.809. The van der Waals surface area contributed by atoms with E-state index in [1.54, 1.807) is 7.11 Å².